The lowest BCUT2D eigenvalue weighted by Crippen LogP contribution is -2.18. The lowest BCUT2D eigenvalue weighted by atomic mass is 10.1. The van der Waals surface area contributed by atoms with Crippen molar-refractivity contribution in [1.82, 2.24) is 4.98 Å². The van der Waals surface area contributed by atoms with Crippen molar-refractivity contribution in [1.29, 1.82) is 0 Å². The molecule has 1 N–H and O–H groups in total. The quantitative estimate of drug-likeness (QED) is 0.617. The largest absolute Gasteiger partial charge is 0.494 e. The van der Waals surface area contributed by atoms with E-state index in [1.807, 2.05) is 43.3 Å². The van der Waals surface area contributed by atoms with Crippen LogP contribution in [-0.2, 0) is 0 Å². The number of nitrogens with zero attached hydrogens (tertiary/aromatic N) is 2. The predicted molar refractivity (Wildman–Crippen MR) is 114 cm³/mol. The van der Waals surface area contributed by atoms with E-state index in [1.54, 1.807) is 12.4 Å². The number of aryl methyl sites for hydroxylation is 1. The van der Waals surface area contributed by atoms with E-state index in [-0.39, 0.29) is 5.91 Å². The molecule has 28 heavy (non-hydrogen) atoms. The fourth-order valence-electron chi connectivity index (χ4n) is 3.01. The van der Waals surface area contributed by atoms with Crippen LogP contribution >= 0.6 is 0 Å². The van der Waals surface area contributed by atoms with Crippen molar-refractivity contribution in [3.8, 4) is 5.75 Å². The van der Waals surface area contributed by atoms with Crippen LogP contribution < -0.4 is 15.0 Å². The molecule has 2 aromatic carbocycles. The average Bonchev–Trinajstić information content (AvgIpc) is 2.71. The Kier molecular flexibility index (Phi) is 6.27. The number of ether oxygens (including phenoxy) is 1. The number of aromatic nitrogens is 1. The standard InChI is InChI=1S/C23H25N3O2/c1-4-26(20-8-6-7-17(3)13-20)21-14-18(15-24-16-21)23(27)25-19-9-11-22(12-10-19)28-5-2/h6-16H,4-5H2,1-3H3,(H,25,27). The molecule has 1 amide bonds. The fraction of sp³-hybridized carbons (Fsp3) is 0.217. The van der Waals surface area contributed by atoms with Crippen LogP contribution in [0.2, 0.25) is 0 Å². The van der Waals surface area contributed by atoms with Gasteiger partial charge in [0.05, 0.1) is 24.1 Å². The lowest BCUT2D eigenvalue weighted by molar-refractivity contribution is 0.102. The second-order valence-corrected chi connectivity index (χ2v) is 6.43. The second kappa shape index (κ2) is 9.04. The molecule has 5 nitrogen and oxygen atoms in total. The molecule has 0 aliphatic heterocycles. The predicted octanol–water partition coefficient (Wildman–Crippen LogP) is 5.20. The van der Waals surface area contributed by atoms with Gasteiger partial charge >= 0.3 is 0 Å². The highest BCUT2D eigenvalue weighted by atomic mass is 16.5. The van der Waals surface area contributed by atoms with E-state index in [1.165, 1.54) is 5.56 Å². The molecule has 0 saturated heterocycles. The molecule has 3 rings (SSSR count). The second-order valence-electron chi connectivity index (χ2n) is 6.43. The molecule has 0 radical (unpaired) electrons. The number of carbonyl (C=O) groups is 1. The van der Waals surface area contributed by atoms with Crippen LogP contribution in [0.15, 0.2) is 67.0 Å². The van der Waals surface area contributed by atoms with Crippen LogP contribution in [0.4, 0.5) is 17.1 Å². The molecule has 5 heteroatoms. The van der Waals surface area contributed by atoms with Gasteiger partial charge in [0.1, 0.15) is 5.75 Å². The Morgan fingerprint density at radius 2 is 1.82 bits per heavy atom. The van der Waals surface area contributed by atoms with Crippen LogP contribution in [0.25, 0.3) is 0 Å². The summed E-state index contributed by atoms with van der Waals surface area (Å²) in [5, 5.41) is 2.91. The van der Waals surface area contributed by atoms with E-state index >= 15 is 0 Å². The summed E-state index contributed by atoms with van der Waals surface area (Å²) in [6, 6.07) is 17.5. The van der Waals surface area contributed by atoms with E-state index < -0.39 is 0 Å². The number of hydrogen-bond acceptors (Lipinski definition) is 4. The van der Waals surface area contributed by atoms with Crippen LogP contribution in [0.3, 0.4) is 0 Å². The summed E-state index contributed by atoms with van der Waals surface area (Å²) in [6.07, 6.45) is 3.36. The Hall–Kier alpha value is -3.34. The van der Waals surface area contributed by atoms with E-state index in [2.05, 4.69) is 47.2 Å². The molecule has 0 saturated carbocycles. The van der Waals surface area contributed by atoms with Gasteiger partial charge in [0, 0.05) is 24.1 Å². The summed E-state index contributed by atoms with van der Waals surface area (Å²) in [6.45, 7) is 7.46. The van der Waals surface area contributed by atoms with Crippen LogP contribution in [0.5, 0.6) is 5.75 Å². The minimum absolute atomic E-state index is 0.196. The third-order valence-electron chi connectivity index (χ3n) is 4.35. The highest BCUT2D eigenvalue weighted by molar-refractivity contribution is 6.04. The van der Waals surface area contributed by atoms with Gasteiger partial charge in [-0.3, -0.25) is 9.78 Å². The maximum Gasteiger partial charge on any atom is 0.257 e. The molecular formula is C23H25N3O2. The third kappa shape index (κ3) is 4.68. The highest BCUT2D eigenvalue weighted by Gasteiger charge is 2.12. The summed E-state index contributed by atoms with van der Waals surface area (Å²) in [5.74, 6) is 0.583. The van der Waals surface area contributed by atoms with Gasteiger partial charge in [-0.15, -0.1) is 0 Å². The van der Waals surface area contributed by atoms with Crippen molar-refractivity contribution in [3.05, 3.63) is 78.1 Å². The monoisotopic (exact) mass is 375 g/mol. The molecular weight excluding hydrogens is 350 g/mol. The summed E-state index contributed by atoms with van der Waals surface area (Å²) in [4.78, 5) is 19.1. The van der Waals surface area contributed by atoms with Crippen molar-refractivity contribution in [2.45, 2.75) is 20.8 Å². The first-order chi connectivity index (χ1) is 13.6. The van der Waals surface area contributed by atoms with Crippen molar-refractivity contribution in [2.75, 3.05) is 23.4 Å². The van der Waals surface area contributed by atoms with Crippen molar-refractivity contribution in [3.63, 3.8) is 0 Å². The molecule has 1 aromatic heterocycles. The highest BCUT2D eigenvalue weighted by Crippen LogP contribution is 2.26. The lowest BCUT2D eigenvalue weighted by Gasteiger charge is -2.23. The van der Waals surface area contributed by atoms with Gasteiger partial charge in [0.25, 0.3) is 5.91 Å². The molecule has 0 bridgehead atoms. The number of benzene rings is 2. The van der Waals surface area contributed by atoms with Crippen molar-refractivity contribution >= 4 is 23.0 Å². The summed E-state index contributed by atoms with van der Waals surface area (Å²) >= 11 is 0. The van der Waals surface area contributed by atoms with Gasteiger partial charge in [0.2, 0.25) is 0 Å². The first-order valence-electron chi connectivity index (χ1n) is 9.44. The molecule has 0 unspecified atom stereocenters. The Balaban J connectivity index is 1.78. The van der Waals surface area contributed by atoms with Gasteiger partial charge in [-0.05, 0) is 68.8 Å². The first-order valence-corrected chi connectivity index (χ1v) is 9.44. The van der Waals surface area contributed by atoms with Crippen LogP contribution in [0, 0.1) is 6.92 Å². The molecule has 0 aliphatic carbocycles. The minimum Gasteiger partial charge on any atom is -0.494 e. The molecule has 0 fully saturated rings. The topological polar surface area (TPSA) is 54.5 Å². The Labute approximate surface area is 166 Å². The maximum absolute atomic E-state index is 12.7. The fourth-order valence-corrected chi connectivity index (χ4v) is 3.01. The number of amides is 1. The molecule has 0 spiro atoms. The number of hydrogen-bond donors (Lipinski definition) is 1. The zero-order valence-electron chi connectivity index (χ0n) is 16.5. The summed E-state index contributed by atoms with van der Waals surface area (Å²) in [7, 11) is 0. The SMILES string of the molecule is CCOc1ccc(NC(=O)c2cncc(N(CC)c3cccc(C)c3)c2)cc1. The number of nitrogens with one attached hydrogen (secondary N) is 1. The summed E-state index contributed by atoms with van der Waals surface area (Å²) in [5.41, 5.74) is 4.37. The Morgan fingerprint density at radius 3 is 2.50 bits per heavy atom. The van der Waals surface area contributed by atoms with Gasteiger partial charge in [-0.1, -0.05) is 12.1 Å². The first kappa shape index (κ1) is 19.4. The van der Waals surface area contributed by atoms with Crippen molar-refractivity contribution in [2.24, 2.45) is 0 Å². The number of pyridine rings is 1. The van der Waals surface area contributed by atoms with Gasteiger partial charge in [-0.2, -0.15) is 0 Å². The number of anilines is 3. The normalized spacial score (nSPS) is 10.4. The van der Waals surface area contributed by atoms with Crippen molar-refractivity contribution < 1.29 is 9.53 Å². The van der Waals surface area contributed by atoms with Gasteiger partial charge in [-0.25, -0.2) is 0 Å². The summed E-state index contributed by atoms with van der Waals surface area (Å²) < 4.78 is 5.43. The minimum atomic E-state index is -0.196. The van der Waals surface area contributed by atoms with E-state index in [0.29, 0.717) is 17.9 Å². The Bertz CT molecular complexity index is 939. The molecule has 3 aromatic rings. The number of carbonyl (C=O) groups excluding carboxylic acids is 1. The zero-order valence-corrected chi connectivity index (χ0v) is 16.5. The third-order valence-corrected chi connectivity index (χ3v) is 4.35. The molecule has 0 aliphatic rings. The van der Waals surface area contributed by atoms with Gasteiger partial charge < -0.3 is 15.0 Å². The van der Waals surface area contributed by atoms with E-state index in [0.717, 1.165) is 23.7 Å². The van der Waals surface area contributed by atoms with E-state index in [4.69, 9.17) is 4.74 Å². The molecule has 144 valence electrons. The Morgan fingerprint density at radius 1 is 1.04 bits per heavy atom. The average molecular weight is 375 g/mol. The van der Waals surface area contributed by atoms with Crippen LogP contribution in [0.1, 0.15) is 29.8 Å². The molecule has 0 atom stereocenters. The number of rotatable bonds is 7. The van der Waals surface area contributed by atoms with Gasteiger partial charge in [0.15, 0.2) is 0 Å². The molecule has 1 heterocycles. The van der Waals surface area contributed by atoms with Crippen LogP contribution in [-0.4, -0.2) is 24.0 Å². The zero-order chi connectivity index (χ0) is 19.9. The van der Waals surface area contributed by atoms with E-state index in [9.17, 15) is 4.79 Å². The smallest absolute Gasteiger partial charge is 0.257 e. The maximum atomic E-state index is 12.7.